The molecule has 54 heavy (non-hydrogen) atoms. The van der Waals surface area contributed by atoms with E-state index in [2.05, 4.69) is 205 Å². The summed E-state index contributed by atoms with van der Waals surface area (Å²) in [6, 6.07) is 75.9. The van der Waals surface area contributed by atoms with Crippen LogP contribution in [0.2, 0.25) is 0 Å². The van der Waals surface area contributed by atoms with E-state index in [4.69, 9.17) is 4.42 Å². The van der Waals surface area contributed by atoms with E-state index in [9.17, 15) is 0 Å². The van der Waals surface area contributed by atoms with Gasteiger partial charge in [0.05, 0.1) is 16.8 Å². The molecule has 0 aliphatic heterocycles. The van der Waals surface area contributed by atoms with E-state index < -0.39 is 0 Å². The Kier molecular flexibility index (Phi) is 7.85. The third kappa shape index (κ3) is 5.71. The zero-order valence-corrected chi connectivity index (χ0v) is 29.6. The molecule has 0 unspecified atom stereocenters. The molecule has 0 fully saturated rings. The van der Waals surface area contributed by atoms with Gasteiger partial charge in [0.2, 0.25) is 0 Å². The van der Waals surface area contributed by atoms with Crippen molar-refractivity contribution >= 4 is 49.8 Å². The molecule has 1 heterocycles. The van der Waals surface area contributed by atoms with Crippen molar-refractivity contribution in [2.45, 2.75) is 0 Å². The second-order valence-corrected chi connectivity index (χ2v) is 13.7. The highest BCUT2D eigenvalue weighted by Crippen LogP contribution is 2.46. The largest absolute Gasteiger partial charge is 0.456 e. The molecule has 0 atom stereocenters. The lowest BCUT2D eigenvalue weighted by atomic mass is 9.96. The molecule has 2 heteroatoms. The van der Waals surface area contributed by atoms with Gasteiger partial charge in [0.15, 0.2) is 0 Å². The molecule has 0 saturated carbocycles. The molecule has 9 aromatic carbocycles. The fraction of sp³-hybridized carbons (Fsp3) is 0. The van der Waals surface area contributed by atoms with Crippen molar-refractivity contribution in [2.75, 3.05) is 4.90 Å². The Balaban J connectivity index is 1.09. The maximum atomic E-state index is 6.41. The van der Waals surface area contributed by atoms with Crippen LogP contribution in [-0.4, -0.2) is 0 Å². The van der Waals surface area contributed by atoms with Gasteiger partial charge in [-0.25, -0.2) is 0 Å². The standard InChI is InChI=1S/C52H35NO/c1-2-12-36(13-3-1)38-24-27-40(28-25-38)46-18-6-8-20-48(46)53(49-21-11-23-51-52(49)47-19-7-9-22-50(47)54-51)45-32-30-39(31-33-45)42-16-10-17-43(34-42)44-29-26-37-14-4-5-15-41(37)35-44/h1-35H. The van der Waals surface area contributed by atoms with E-state index in [1.807, 2.05) is 12.1 Å². The van der Waals surface area contributed by atoms with Crippen LogP contribution in [0.4, 0.5) is 17.1 Å². The average Bonchev–Trinajstić information content (AvgIpc) is 3.64. The summed E-state index contributed by atoms with van der Waals surface area (Å²) in [5.74, 6) is 0. The van der Waals surface area contributed by atoms with Crippen LogP contribution in [0.1, 0.15) is 0 Å². The van der Waals surface area contributed by atoms with Gasteiger partial charge in [-0.1, -0.05) is 164 Å². The Hall–Kier alpha value is -7.16. The van der Waals surface area contributed by atoms with Crippen molar-refractivity contribution in [3.05, 3.63) is 212 Å². The highest BCUT2D eigenvalue weighted by Gasteiger charge is 2.22. The van der Waals surface area contributed by atoms with Crippen LogP contribution in [0.5, 0.6) is 0 Å². The third-order valence-corrected chi connectivity index (χ3v) is 10.5. The van der Waals surface area contributed by atoms with Crippen LogP contribution >= 0.6 is 0 Å². The summed E-state index contributed by atoms with van der Waals surface area (Å²) >= 11 is 0. The molecule has 0 amide bonds. The summed E-state index contributed by atoms with van der Waals surface area (Å²) in [4.78, 5) is 2.39. The highest BCUT2D eigenvalue weighted by molar-refractivity contribution is 6.13. The molecule has 0 spiro atoms. The van der Waals surface area contributed by atoms with E-state index in [0.29, 0.717) is 0 Å². The first-order valence-corrected chi connectivity index (χ1v) is 18.4. The van der Waals surface area contributed by atoms with Crippen molar-refractivity contribution < 1.29 is 4.42 Å². The van der Waals surface area contributed by atoms with Crippen molar-refractivity contribution in [2.24, 2.45) is 0 Å². The number of hydrogen-bond acceptors (Lipinski definition) is 2. The molecule has 0 bridgehead atoms. The number of hydrogen-bond donors (Lipinski definition) is 0. The van der Waals surface area contributed by atoms with Crippen LogP contribution in [0.25, 0.3) is 77.2 Å². The van der Waals surface area contributed by atoms with Crippen LogP contribution in [-0.2, 0) is 0 Å². The quantitative estimate of drug-likeness (QED) is 0.166. The number of para-hydroxylation sites is 2. The Bertz CT molecular complexity index is 2920. The van der Waals surface area contributed by atoms with Crippen molar-refractivity contribution in [3.63, 3.8) is 0 Å². The van der Waals surface area contributed by atoms with Gasteiger partial charge >= 0.3 is 0 Å². The SMILES string of the molecule is c1ccc(-c2ccc(-c3ccccc3N(c3ccc(-c4cccc(-c5ccc6ccccc6c5)c4)cc3)c3cccc4oc5ccccc5c34)cc2)cc1. The summed E-state index contributed by atoms with van der Waals surface area (Å²) in [5, 5.41) is 4.69. The number of fused-ring (bicyclic) bond motifs is 4. The molecule has 0 N–H and O–H groups in total. The van der Waals surface area contributed by atoms with Crippen molar-refractivity contribution in [1.29, 1.82) is 0 Å². The minimum absolute atomic E-state index is 0.866. The number of rotatable bonds is 7. The van der Waals surface area contributed by atoms with E-state index >= 15 is 0 Å². The van der Waals surface area contributed by atoms with Gasteiger partial charge in [0, 0.05) is 16.6 Å². The number of furan rings is 1. The van der Waals surface area contributed by atoms with Gasteiger partial charge in [-0.05, 0) is 98.2 Å². The zero-order valence-electron chi connectivity index (χ0n) is 29.6. The van der Waals surface area contributed by atoms with Crippen LogP contribution in [0.3, 0.4) is 0 Å². The number of benzene rings is 9. The van der Waals surface area contributed by atoms with Crippen LogP contribution < -0.4 is 4.90 Å². The maximum absolute atomic E-state index is 6.41. The molecule has 1 aromatic heterocycles. The fourth-order valence-electron chi connectivity index (χ4n) is 7.79. The lowest BCUT2D eigenvalue weighted by Gasteiger charge is -2.28. The first kappa shape index (κ1) is 31.6. The highest BCUT2D eigenvalue weighted by atomic mass is 16.3. The number of nitrogens with zero attached hydrogens (tertiary/aromatic N) is 1. The molecule has 10 aromatic rings. The second kappa shape index (κ2) is 13.4. The smallest absolute Gasteiger partial charge is 0.137 e. The van der Waals surface area contributed by atoms with Gasteiger partial charge < -0.3 is 9.32 Å². The second-order valence-electron chi connectivity index (χ2n) is 13.7. The molecule has 0 saturated heterocycles. The minimum Gasteiger partial charge on any atom is -0.456 e. The normalized spacial score (nSPS) is 11.3. The van der Waals surface area contributed by atoms with Gasteiger partial charge in [-0.3, -0.25) is 0 Å². The molecule has 254 valence electrons. The molecule has 0 aliphatic carbocycles. The van der Waals surface area contributed by atoms with Crippen molar-refractivity contribution in [3.8, 4) is 44.5 Å². The Morgan fingerprint density at radius 1 is 0.315 bits per heavy atom. The first-order chi connectivity index (χ1) is 26.8. The predicted octanol–water partition coefficient (Wildman–Crippen LogP) is 14.9. The molecule has 0 aliphatic rings. The van der Waals surface area contributed by atoms with Gasteiger partial charge in [-0.2, -0.15) is 0 Å². The lowest BCUT2D eigenvalue weighted by Crippen LogP contribution is -2.11. The Labute approximate surface area is 314 Å². The van der Waals surface area contributed by atoms with Gasteiger partial charge in [0.1, 0.15) is 11.2 Å². The zero-order chi connectivity index (χ0) is 35.8. The van der Waals surface area contributed by atoms with E-state index in [-0.39, 0.29) is 0 Å². The summed E-state index contributed by atoms with van der Waals surface area (Å²) in [6.07, 6.45) is 0. The topological polar surface area (TPSA) is 16.4 Å². The van der Waals surface area contributed by atoms with Crippen molar-refractivity contribution in [1.82, 2.24) is 0 Å². The summed E-state index contributed by atoms with van der Waals surface area (Å²) in [6.45, 7) is 0. The van der Waals surface area contributed by atoms with E-state index in [1.165, 1.54) is 38.6 Å². The van der Waals surface area contributed by atoms with Crippen LogP contribution in [0.15, 0.2) is 217 Å². The average molecular weight is 690 g/mol. The lowest BCUT2D eigenvalue weighted by molar-refractivity contribution is 0.669. The molecule has 0 radical (unpaired) electrons. The van der Waals surface area contributed by atoms with Crippen LogP contribution in [0, 0.1) is 0 Å². The Morgan fingerprint density at radius 2 is 0.852 bits per heavy atom. The monoisotopic (exact) mass is 689 g/mol. The maximum Gasteiger partial charge on any atom is 0.137 e. The number of anilines is 3. The molecular weight excluding hydrogens is 655 g/mol. The molecular formula is C52H35NO. The minimum atomic E-state index is 0.866. The third-order valence-electron chi connectivity index (χ3n) is 10.5. The van der Waals surface area contributed by atoms with E-state index in [0.717, 1.165) is 55.7 Å². The van der Waals surface area contributed by atoms with E-state index in [1.54, 1.807) is 0 Å². The molecule has 2 nitrogen and oxygen atoms in total. The summed E-state index contributed by atoms with van der Waals surface area (Å²) < 4.78 is 6.41. The van der Waals surface area contributed by atoms with Gasteiger partial charge in [0.25, 0.3) is 0 Å². The summed E-state index contributed by atoms with van der Waals surface area (Å²) in [5.41, 5.74) is 14.4. The van der Waals surface area contributed by atoms with Gasteiger partial charge in [-0.15, -0.1) is 0 Å². The molecule has 10 rings (SSSR count). The predicted molar refractivity (Wildman–Crippen MR) is 228 cm³/mol. The fourth-order valence-corrected chi connectivity index (χ4v) is 7.79. The Morgan fingerprint density at radius 3 is 1.70 bits per heavy atom. The summed E-state index contributed by atoms with van der Waals surface area (Å²) in [7, 11) is 0. The first-order valence-electron chi connectivity index (χ1n) is 18.4.